The van der Waals surface area contributed by atoms with Crippen LogP contribution in [-0.4, -0.2) is 38.5 Å². The van der Waals surface area contributed by atoms with Crippen LogP contribution in [0.15, 0.2) is 59.5 Å². The topological polar surface area (TPSA) is 105 Å². The van der Waals surface area contributed by atoms with E-state index in [-0.39, 0.29) is 16.6 Å². The van der Waals surface area contributed by atoms with Crippen LogP contribution in [0.3, 0.4) is 0 Å². The minimum atomic E-state index is -3.90. The predicted molar refractivity (Wildman–Crippen MR) is 100 cm³/mol. The number of rotatable bonds is 5. The summed E-state index contributed by atoms with van der Waals surface area (Å²) < 4.78 is 23.2. The smallest absolute Gasteiger partial charge is 0.319 e. The van der Waals surface area contributed by atoms with Crippen LogP contribution in [0.4, 0.5) is 10.5 Å². The Hall–Kier alpha value is -2.42. The molecule has 0 radical (unpaired) electrons. The predicted octanol–water partition coefficient (Wildman–Crippen LogP) is 1.73. The lowest BCUT2D eigenvalue weighted by Crippen LogP contribution is -2.39. The minimum Gasteiger partial charge on any atom is -0.334 e. The number of anilines is 1. The van der Waals surface area contributed by atoms with Gasteiger partial charge in [-0.3, -0.25) is 4.90 Å². The summed E-state index contributed by atoms with van der Waals surface area (Å²) in [6.45, 7) is 2.49. The van der Waals surface area contributed by atoms with Crippen molar-refractivity contribution in [3.8, 4) is 0 Å². The molecule has 1 aliphatic heterocycles. The van der Waals surface area contributed by atoms with Gasteiger partial charge in [0.1, 0.15) is 4.90 Å². The molecule has 0 unspecified atom stereocenters. The number of hydrogen-bond acceptors (Lipinski definition) is 4. The SMILES string of the molecule is NS(=O)(=O)c1ccccc1NC(=O)N[C@@H]1CCN(Cc2ccccc2)C1. The van der Waals surface area contributed by atoms with Gasteiger partial charge in [-0.1, -0.05) is 42.5 Å². The maximum atomic E-state index is 12.2. The normalized spacial score (nSPS) is 17.8. The number of carbonyl (C=O) groups excluding carboxylic acids is 1. The van der Waals surface area contributed by atoms with Gasteiger partial charge in [-0.25, -0.2) is 18.4 Å². The number of carbonyl (C=O) groups is 1. The lowest BCUT2D eigenvalue weighted by Gasteiger charge is -2.17. The fourth-order valence-electron chi connectivity index (χ4n) is 3.10. The van der Waals surface area contributed by atoms with E-state index < -0.39 is 16.1 Å². The zero-order chi connectivity index (χ0) is 18.6. The summed E-state index contributed by atoms with van der Waals surface area (Å²) in [5, 5.41) is 10.7. The number of primary sulfonamides is 1. The number of likely N-dealkylation sites (tertiary alicyclic amines) is 1. The molecule has 26 heavy (non-hydrogen) atoms. The van der Waals surface area contributed by atoms with E-state index in [9.17, 15) is 13.2 Å². The summed E-state index contributed by atoms with van der Waals surface area (Å²) in [4.78, 5) is 14.4. The van der Waals surface area contributed by atoms with Gasteiger partial charge in [0, 0.05) is 25.7 Å². The van der Waals surface area contributed by atoms with Gasteiger partial charge in [0.15, 0.2) is 0 Å². The minimum absolute atomic E-state index is 0.0142. The first-order chi connectivity index (χ1) is 12.4. The van der Waals surface area contributed by atoms with Gasteiger partial charge in [-0.2, -0.15) is 0 Å². The molecule has 1 aliphatic rings. The van der Waals surface area contributed by atoms with Crippen LogP contribution in [0.25, 0.3) is 0 Å². The van der Waals surface area contributed by atoms with E-state index in [1.54, 1.807) is 12.1 Å². The van der Waals surface area contributed by atoms with E-state index in [2.05, 4.69) is 27.7 Å². The maximum absolute atomic E-state index is 12.2. The fourth-order valence-corrected chi connectivity index (χ4v) is 3.79. The second-order valence-corrected chi connectivity index (χ2v) is 7.88. The fraction of sp³-hybridized carbons (Fsp3) is 0.278. The lowest BCUT2D eigenvalue weighted by atomic mass is 10.2. The highest BCUT2D eigenvalue weighted by Gasteiger charge is 2.24. The van der Waals surface area contributed by atoms with Crippen LogP contribution in [0.1, 0.15) is 12.0 Å². The number of nitrogens with one attached hydrogen (secondary N) is 2. The van der Waals surface area contributed by atoms with E-state index in [0.29, 0.717) is 0 Å². The van der Waals surface area contributed by atoms with Crippen molar-refractivity contribution in [1.82, 2.24) is 10.2 Å². The van der Waals surface area contributed by atoms with Gasteiger partial charge in [0.2, 0.25) is 10.0 Å². The number of hydrogen-bond donors (Lipinski definition) is 3. The van der Waals surface area contributed by atoms with Crippen LogP contribution in [-0.2, 0) is 16.6 Å². The average molecular weight is 374 g/mol. The average Bonchev–Trinajstić information content (AvgIpc) is 3.02. The first-order valence-corrected chi connectivity index (χ1v) is 9.92. The van der Waals surface area contributed by atoms with E-state index in [0.717, 1.165) is 26.1 Å². The van der Waals surface area contributed by atoms with Gasteiger partial charge in [-0.15, -0.1) is 0 Å². The largest absolute Gasteiger partial charge is 0.334 e. The second kappa shape index (κ2) is 7.86. The van der Waals surface area contributed by atoms with Crippen molar-refractivity contribution >= 4 is 21.7 Å². The van der Waals surface area contributed by atoms with Gasteiger partial charge in [0.25, 0.3) is 0 Å². The third-order valence-electron chi connectivity index (χ3n) is 4.30. The Balaban J connectivity index is 1.55. The Kier molecular flexibility index (Phi) is 5.55. The van der Waals surface area contributed by atoms with Gasteiger partial charge >= 0.3 is 6.03 Å². The molecular weight excluding hydrogens is 352 g/mol. The van der Waals surface area contributed by atoms with Crippen LogP contribution in [0.2, 0.25) is 0 Å². The van der Waals surface area contributed by atoms with Crippen molar-refractivity contribution < 1.29 is 13.2 Å². The summed E-state index contributed by atoms with van der Waals surface area (Å²) in [5.74, 6) is 0. The number of sulfonamides is 1. The van der Waals surface area contributed by atoms with Crippen LogP contribution in [0, 0.1) is 0 Å². The number of nitrogens with zero attached hydrogens (tertiary/aromatic N) is 1. The van der Waals surface area contributed by atoms with Gasteiger partial charge in [-0.05, 0) is 24.1 Å². The highest BCUT2D eigenvalue weighted by atomic mass is 32.2. The molecule has 138 valence electrons. The Morgan fingerprint density at radius 2 is 1.81 bits per heavy atom. The monoisotopic (exact) mass is 374 g/mol. The maximum Gasteiger partial charge on any atom is 0.319 e. The Morgan fingerprint density at radius 3 is 2.54 bits per heavy atom. The molecule has 1 saturated heterocycles. The Labute approximate surface area is 153 Å². The third-order valence-corrected chi connectivity index (χ3v) is 5.27. The van der Waals surface area contributed by atoms with E-state index in [1.165, 1.54) is 17.7 Å². The Bertz CT molecular complexity index is 871. The first kappa shape index (κ1) is 18.4. The molecule has 8 heteroatoms. The molecule has 0 bridgehead atoms. The molecule has 4 N–H and O–H groups in total. The number of amides is 2. The van der Waals surface area contributed by atoms with Crippen LogP contribution < -0.4 is 15.8 Å². The van der Waals surface area contributed by atoms with Crippen molar-refractivity contribution in [2.75, 3.05) is 18.4 Å². The lowest BCUT2D eigenvalue weighted by molar-refractivity contribution is 0.247. The molecule has 2 amide bonds. The molecule has 1 fully saturated rings. The van der Waals surface area contributed by atoms with E-state index in [1.807, 2.05) is 18.2 Å². The molecule has 2 aromatic carbocycles. The molecule has 7 nitrogen and oxygen atoms in total. The molecule has 1 atom stereocenters. The summed E-state index contributed by atoms with van der Waals surface area (Å²) in [7, 11) is -3.90. The third kappa shape index (κ3) is 4.81. The highest BCUT2D eigenvalue weighted by Crippen LogP contribution is 2.19. The number of para-hydroxylation sites is 1. The van der Waals surface area contributed by atoms with Crippen LogP contribution >= 0.6 is 0 Å². The second-order valence-electron chi connectivity index (χ2n) is 6.35. The number of nitrogens with two attached hydrogens (primary N) is 1. The van der Waals surface area contributed by atoms with Crippen molar-refractivity contribution in [2.24, 2.45) is 5.14 Å². The quantitative estimate of drug-likeness (QED) is 0.741. The van der Waals surface area contributed by atoms with Gasteiger partial charge in [0.05, 0.1) is 5.69 Å². The van der Waals surface area contributed by atoms with Crippen molar-refractivity contribution in [3.05, 3.63) is 60.2 Å². The molecule has 0 aromatic heterocycles. The first-order valence-electron chi connectivity index (χ1n) is 8.37. The van der Waals surface area contributed by atoms with Gasteiger partial charge < -0.3 is 10.6 Å². The van der Waals surface area contributed by atoms with Crippen molar-refractivity contribution in [1.29, 1.82) is 0 Å². The molecule has 0 spiro atoms. The zero-order valence-electron chi connectivity index (χ0n) is 14.3. The Morgan fingerprint density at radius 1 is 1.12 bits per heavy atom. The van der Waals surface area contributed by atoms with Crippen molar-refractivity contribution in [3.63, 3.8) is 0 Å². The molecule has 2 aromatic rings. The van der Waals surface area contributed by atoms with E-state index in [4.69, 9.17) is 5.14 Å². The molecule has 0 aliphatic carbocycles. The molecular formula is C18H22N4O3S. The number of benzene rings is 2. The highest BCUT2D eigenvalue weighted by molar-refractivity contribution is 7.89. The van der Waals surface area contributed by atoms with Crippen molar-refractivity contribution in [2.45, 2.75) is 23.9 Å². The standard InChI is InChI=1S/C18H22N4O3S/c19-26(24,25)17-9-5-4-8-16(17)21-18(23)20-15-10-11-22(13-15)12-14-6-2-1-3-7-14/h1-9,15H,10-13H2,(H2,19,24,25)(H2,20,21,23)/t15-/m1/s1. The zero-order valence-corrected chi connectivity index (χ0v) is 15.1. The summed E-state index contributed by atoms with van der Waals surface area (Å²) in [6.07, 6.45) is 0.844. The summed E-state index contributed by atoms with van der Waals surface area (Å²) >= 11 is 0. The summed E-state index contributed by atoms with van der Waals surface area (Å²) in [6, 6.07) is 15.8. The molecule has 3 rings (SSSR count). The van der Waals surface area contributed by atoms with E-state index >= 15 is 0 Å². The molecule has 0 saturated carbocycles. The van der Waals surface area contributed by atoms with Crippen LogP contribution in [0.5, 0.6) is 0 Å². The summed E-state index contributed by atoms with van der Waals surface area (Å²) in [5.41, 5.74) is 1.41. The number of urea groups is 1. The molecule has 1 heterocycles.